The Bertz CT molecular complexity index is 389. The Morgan fingerprint density at radius 2 is 1.94 bits per heavy atom. The predicted molar refractivity (Wildman–Crippen MR) is 68.1 cm³/mol. The molecule has 0 amide bonds. The highest BCUT2D eigenvalue weighted by molar-refractivity contribution is 5.54. The Hall–Kier alpha value is -1.85. The van der Waals surface area contributed by atoms with Crippen LogP contribution in [0.4, 0.5) is 17.3 Å². The third-order valence-electron chi connectivity index (χ3n) is 2.34. The van der Waals surface area contributed by atoms with Gasteiger partial charge >= 0.3 is 0 Å². The molecule has 94 valence electrons. The Kier molecular flexibility index (Phi) is 4.68. The first-order valence-electron chi connectivity index (χ1n) is 5.75. The third-order valence-corrected chi connectivity index (χ3v) is 2.34. The maximum Gasteiger partial charge on any atom is 0.276 e. The van der Waals surface area contributed by atoms with E-state index in [1.54, 1.807) is 0 Å². The molecular formula is C11H18N4O2. The van der Waals surface area contributed by atoms with Gasteiger partial charge in [0, 0.05) is 13.1 Å². The highest BCUT2D eigenvalue weighted by atomic mass is 16.6. The maximum absolute atomic E-state index is 10.7. The summed E-state index contributed by atoms with van der Waals surface area (Å²) in [6.45, 7) is 5.76. The fraction of sp³-hybridized carbons (Fsp3) is 0.545. The number of pyridine rings is 1. The van der Waals surface area contributed by atoms with E-state index in [1.807, 2.05) is 4.90 Å². The Morgan fingerprint density at radius 3 is 2.41 bits per heavy atom. The summed E-state index contributed by atoms with van der Waals surface area (Å²) in [6, 6.07) is 2.75. The Labute approximate surface area is 101 Å². The molecule has 1 aromatic rings. The van der Waals surface area contributed by atoms with Gasteiger partial charge in [-0.2, -0.15) is 0 Å². The standard InChI is InChI=1S/C11H18N4O2/c1-3-5-14(6-4-2)11-8-9(15(16)17)7-10(12)13-11/h7-8H,3-6H2,1-2H3,(H2,12,13). The predicted octanol–water partition coefficient (Wildman–Crippen LogP) is 2.20. The molecule has 0 spiro atoms. The average Bonchev–Trinajstić information content (AvgIpc) is 2.28. The van der Waals surface area contributed by atoms with Crippen molar-refractivity contribution in [3.63, 3.8) is 0 Å². The molecule has 0 saturated heterocycles. The van der Waals surface area contributed by atoms with Crippen LogP contribution in [0.15, 0.2) is 12.1 Å². The normalized spacial score (nSPS) is 10.2. The number of nitro groups is 1. The van der Waals surface area contributed by atoms with Crippen LogP contribution in [0.25, 0.3) is 0 Å². The fourth-order valence-corrected chi connectivity index (χ4v) is 1.67. The molecule has 2 N–H and O–H groups in total. The highest BCUT2D eigenvalue weighted by Crippen LogP contribution is 2.22. The van der Waals surface area contributed by atoms with E-state index in [0.717, 1.165) is 25.9 Å². The van der Waals surface area contributed by atoms with Crippen LogP contribution in [0.5, 0.6) is 0 Å². The lowest BCUT2D eigenvalue weighted by Gasteiger charge is -2.22. The first-order valence-corrected chi connectivity index (χ1v) is 5.75. The van der Waals surface area contributed by atoms with Crippen molar-refractivity contribution in [2.24, 2.45) is 0 Å². The molecule has 0 aliphatic heterocycles. The van der Waals surface area contributed by atoms with Crippen LogP contribution in [-0.4, -0.2) is 23.0 Å². The summed E-state index contributed by atoms with van der Waals surface area (Å²) in [5, 5.41) is 10.7. The van der Waals surface area contributed by atoms with Crippen molar-refractivity contribution in [2.75, 3.05) is 23.7 Å². The molecule has 0 aromatic carbocycles. The molecule has 1 aromatic heterocycles. The van der Waals surface area contributed by atoms with E-state index in [9.17, 15) is 10.1 Å². The second-order valence-corrected chi connectivity index (χ2v) is 3.85. The Morgan fingerprint density at radius 1 is 1.35 bits per heavy atom. The first kappa shape index (κ1) is 13.2. The van der Waals surface area contributed by atoms with Gasteiger partial charge in [-0.1, -0.05) is 13.8 Å². The van der Waals surface area contributed by atoms with Crippen molar-refractivity contribution in [1.29, 1.82) is 0 Å². The molecule has 1 heterocycles. The van der Waals surface area contributed by atoms with Crippen molar-refractivity contribution < 1.29 is 4.92 Å². The zero-order valence-electron chi connectivity index (χ0n) is 10.2. The lowest BCUT2D eigenvalue weighted by atomic mass is 10.3. The Balaban J connectivity index is 3.04. The fourth-order valence-electron chi connectivity index (χ4n) is 1.67. The average molecular weight is 238 g/mol. The highest BCUT2D eigenvalue weighted by Gasteiger charge is 2.13. The van der Waals surface area contributed by atoms with Gasteiger partial charge in [0.2, 0.25) is 0 Å². The van der Waals surface area contributed by atoms with Crippen molar-refractivity contribution in [2.45, 2.75) is 26.7 Å². The summed E-state index contributed by atoms with van der Waals surface area (Å²) in [5.41, 5.74) is 5.58. The first-order chi connectivity index (χ1) is 8.08. The van der Waals surface area contributed by atoms with E-state index >= 15 is 0 Å². The van der Waals surface area contributed by atoms with Gasteiger partial charge < -0.3 is 10.6 Å². The van der Waals surface area contributed by atoms with Crippen LogP contribution in [0.3, 0.4) is 0 Å². The number of hydrogen-bond acceptors (Lipinski definition) is 5. The monoisotopic (exact) mass is 238 g/mol. The summed E-state index contributed by atoms with van der Waals surface area (Å²) < 4.78 is 0. The van der Waals surface area contributed by atoms with Crippen LogP contribution >= 0.6 is 0 Å². The number of rotatable bonds is 6. The second kappa shape index (κ2) is 6.03. The van der Waals surface area contributed by atoms with Crippen LogP contribution < -0.4 is 10.6 Å². The molecule has 6 heteroatoms. The molecule has 0 bridgehead atoms. The molecular weight excluding hydrogens is 220 g/mol. The van der Waals surface area contributed by atoms with Gasteiger partial charge in [-0.3, -0.25) is 10.1 Å². The quantitative estimate of drug-likeness (QED) is 0.606. The zero-order chi connectivity index (χ0) is 12.8. The summed E-state index contributed by atoms with van der Waals surface area (Å²) in [7, 11) is 0. The third kappa shape index (κ3) is 3.58. The van der Waals surface area contributed by atoms with E-state index < -0.39 is 4.92 Å². The largest absolute Gasteiger partial charge is 0.383 e. The van der Waals surface area contributed by atoms with Gasteiger partial charge in [-0.05, 0) is 12.8 Å². The number of nitrogens with zero attached hydrogens (tertiary/aromatic N) is 3. The maximum atomic E-state index is 10.7. The van der Waals surface area contributed by atoms with Crippen molar-refractivity contribution in [1.82, 2.24) is 4.98 Å². The smallest absolute Gasteiger partial charge is 0.276 e. The topological polar surface area (TPSA) is 85.3 Å². The van der Waals surface area contributed by atoms with Gasteiger partial charge in [-0.15, -0.1) is 0 Å². The van der Waals surface area contributed by atoms with Crippen molar-refractivity contribution in [3.8, 4) is 0 Å². The lowest BCUT2D eigenvalue weighted by Crippen LogP contribution is -2.26. The molecule has 0 saturated carbocycles. The summed E-state index contributed by atoms with van der Waals surface area (Å²) in [4.78, 5) is 16.5. The van der Waals surface area contributed by atoms with E-state index in [1.165, 1.54) is 12.1 Å². The molecule has 0 aliphatic rings. The van der Waals surface area contributed by atoms with Gasteiger partial charge in [0.25, 0.3) is 5.69 Å². The van der Waals surface area contributed by atoms with Gasteiger partial charge in [-0.25, -0.2) is 4.98 Å². The number of nitrogens with two attached hydrogens (primary N) is 1. The summed E-state index contributed by atoms with van der Waals surface area (Å²) in [5.74, 6) is 0.770. The minimum atomic E-state index is -0.447. The number of nitrogen functional groups attached to an aromatic ring is 1. The van der Waals surface area contributed by atoms with Crippen LogP contribution in [0.1, 0.15) is 26.7 Å². The van der Waals surface area contributed by atoms with E-state index in [-0.39, 0.29) is 11.5 Å². The SMILES string of the molecule is CCCN(CCC)c1cc([N+](=O)[O-])cc(N)n1. The van der Waals surface area contributed by atoms with Crippen molar-refractivity contribution in [3.05, 3.63) is 22.2 Å². The number of hydrogen-bond donors (Lipinski definition) is 1. The van der Waals surface area contributed by atoms with Crippen LogP contribution in [-0.2, 0) is 0 Å². The molecule has 0 fully saturated rings. The van der Waals surface area contributed by atoms with Gasteiger partial charge in [0.1, 0.15) is 11.6 Å². The summed E-state index contributed by atoms with van der Waals surface area (Å²) in [6.07, 6.45) is 1.93. The molecule has 0 atom stereocenters. The van der Waals surface area contributed by atoms with Crippen molar-refractivity contribution >= 4 is 17.3 Å². The van der Waals surface area contributed by atoms with Crippen LogP contribution in [0.2, 0.25) is 0 Å². The van der Waals surface area contributed by atoms with E-state index in [0.29, 0.717) is 5.82 Å². The summed E-state index contributed by atoms with van der Waals surface area (Å²) >= 11 is 0. The minimum Gasteiger partial charge on any atom is -0.383 e. The molecule has 0 radical (unpaired) electrons. The molecule has 0 aliphatic carbocycles. The zero-order valence-corrected chi connectivity index (χ0v) is 10.2. The van der Waals surface area contributed by atoms with E-state index in [2.05, 4.69) is 18.8 Å². The number of aromatic nitrogens is 1. The van der Waals surface area contributed by atoms with E-state index in [4.69, 9.17) is 5.73 Å². The number of anilines is 2. The second-order valence-electron chi connectivity index (χ2n) is 3.85. The molecule has 0 unspecified atom stereocenters. The molecule has 17 heavy (non-hydrogen) atoms. The molecule has 6 nitrogen and oxygen atoms in total. The molecule has 1 rings (SSSR count). The van der Waals surface area contributed by atoms with Crippen LogP contribution in [0, 0.1) is 10.1 Å². The minimum absolute atomic E-state index is 0.00953. The van der Waals surface area contributed by atoms with Gasteiger partial charge in [0.15, 0.2) is 0 Å². The lowest BCUT2D eigenvalue weighted by molar-refractivity contribution is -0.384. The van der Waals surface area contributed by atoms with Gasteiger partial charge in [0.05, 0.1) is 17.1 Å².